The average Bonchev–Trinajstić information content (AvgIpc) is 3.00. The van der Waals surface area contributed by atoms with Gasteiger partial charge in [-0.25, -0.2) is 0 Å². The molecule has 110 valence electrons. The van der Waals surface area contributed by atoms with Crippen molar-refractivity contribution >= 4 is 5.78 Å². The molecule has 0 atom stereocenters. The number of hydrogen-bond acceptors (Lipinski definition) is 2. The van der Waals surface area contributed by atoms with Crippen molar-refractivity contribution in [2.75, 3.05) is 13.1 Å². The molecule has 3 nitrogen and oxygen atoms in total. The van der Waals surface area contributed by atoms with E-state index >= 15 is 0 Å². The summed E-state index contributed by atoms with van der Waals surface area (Å²) in [7, 11) is 0. The van der Waals surface area contributed by atoms with Crippen LogP contribution in [0, 0.1) is 13.8 Å². The van der Waals surface area contributed by atoms with Gasteiger partial charge in [-0.15, -0.1) is 0 Å². The summed E-state index contributed by atoms with van der Waals surface area (Å²) in [6.45, 7) is 6.14. The number of hydrogen-bond donors (Lipinski definition) is 1. The molecule has 0 bridgehead atoms. The first-order valence-corrected chi connectivity index (χ1v) is 7.67. The molecular weight excluding hydrogens is 260 g/mol. The number of ketones is 1. The normalized spacial score (nSPS) is 16.1. The first kappa shape index (κ1) is 14.1. The second-order valence-electron chi connectivity index (χ2n) is 5.86. The van der Waals surface area contributed by atoms with Gasteiger partial charge in [-0.1, -0.05) is 18.2 Å². The molecule has 0 aliphatic carbocycles. The van der Waals surface area contributed by atoms with E-state index in [1.54, 1.807) is 0 Å². The number of rotatable bonds is 3. The Morgan fingerprint density at radius 1 is 1.14 bits per heavy atom. The third-order valence-electron chi connectivity index (χ3n) is 4.56. The summed E-state index contributed by atoms with van der Waals surface area (Å²) in [5.74, 6) is 0.139. The lowest BCUT2D eigenvalue weighted by Gasteiger charge is -2.26. The van der Waals surface area contributed by atoms with Crippen molar-refractivity contribution in [1.29, 1.82) is 0 Å². The lowest BCUT2D eigenvalue weighted by atomic mass is 9.98. The first-order valence-electron chi connectivity index (χ1n) is 7.67. The van der Waals surface area contributed by atoms with Crippen LogP contribution in [0.5, 0.6) is 0 Å². The largest absolute Gasteiger partial charge is 0.342 e. The highest BCUT2D eigenvalue weighted by Gasteiger charge is 2.21. The van der Waals surface area contributed by atoms with Gasteiger partial charge in [0.15, 0.2) is 0 Å². The van der Waals surface area contributed by atoms with Crippen LogP contribution in [-0.2, 0) is 0 Å². The molecule has 1 aliphatic rings. The van der Waals surface area contributed by atoms with E-state index < -0.39 is 0 Å². The number of carbonyl (C=O) groups excluding carboxylic acids is 1. The Kier molecular flexibility index (Phi) is 3.93. The Morgan fingerprint density at radius 2 is 1.90 bits per heavy atom. The molecular formula is C18H22N2O. The lowest BCUT2D eigenvalue weighted by Crippen LogP contribution is -2.30. The van der Waals surface area contributed by atoms with Crippen LogP contribution in [0.1, 0.15) is 46.1 Å². The smallest absolute Gasteiger partial charge is 0.209 e. The molecule has 1 aliphatic heterocycles. The van der Waals surface area contributed by atoms with Gasteiger partial charge in [-0.05, 0) is 63.0 Å². The molecule has 0 spiro atoms. The van der Waals surface area contributed by atoms with E-state index in [-0.39, 0.29) is 5.78 Å². The van der Waals surface area contributed by atoms with Crippen LogP contribution < -0.4 is 5.32 Å². The molecule has 0 radical (unpaired) electrons. The van der Waals surface area contributed by atoms with Gasteiger partial charge in [0.2, 0.25) is 5.78 Å². The van der Waals surface area contributed by atoms with Crippen molar-refractivity contribution in [2.45, 2.75) is 32.7 Å². The summed E-state index contributed by atoms with van der Waals surface area (Å²) in [6, 6.07) is 10.3. The fraction of sp³-hybridized carbons (Fsp3) is 0.389. The van der Waals surface area contributed by atoms with E-state index in [1.165, 1.54) is 5.56 Å². The molecule has 3 heteroatoms. The van der Waals surface area contributed by atoms with Crippen molar-refractivity contribution in [1.82, 2.24) is 9.88 Å². The molecule has 2 heterocycles. The van der Waals surface area contributed by atoms with Gasteiger partial charge in [-0.2, -0.15) is 0 Å². The zero-order valence-corrected chi connectivity index (χ0v) is 12.7. The average molecular weight is 282 g/mol. The zero-order chi connectivity index (χ0) is 14.8. The number of nitrogens with zero attached hydrogens (tertiary/aromatic N) is 1. The fourth-order valence-electron chi connectivity index (χ4n) is 3.12. The van der Waals surface area contributed by atoms with E-state index in [0.717, 1.165) is 42.8 Å². The Morgan fingerprint density at radius 3 is 2.67 bits per heavy atom. The third-order valence-corrected chi connectivity index (χ3v) is 4.56. The maximum atomic E-state index is 12.9. The fourth-order valence-corrected chi connectivity index (χ4v) is 3.12. The van der Waals surface area contributed by atoms with Crippen molar-refractivity contribution in [2.24, 2.45) is 0 Å². The molecule has 0 saturated carbocycles. The molecule has 21 heavy (non-hydrogen) atoms. The third kappa shape index (κ3) is 2.66. The Labute approximate surface area is 126 Å². The number of carbonyl (C=O) groups is 1. The first-order chi connectivity index (χ1) is 10.2. The van der Waals surface area contributed by atoms with E-state index in [0.29, 0.717) is 6.04 Å². The minimum atomic E-state index is 0.139. The Hall–Kier alpha value is -1.87. The number of aryl methyl sites for hydroxylation is 1. The SMILES string of the molecule is Cc1cccc(C(=O)c2cccn2C2CCNCC2)c1C. The molecule has 1 aromatic carbocycles. The summed E-state index contributed by atoms with van der Waals surface area (Å²) < 4.78 is 2.17. The molecule has 1 saturated heterocycles. The molecule has 0 amide bonds. The summed E-state index contributed by atoms with van der Waals surface area (Å²) in [5, 5.41) is 3.38. The summed E-state index contributed by atoms with van der Waals surface area (Å²) in [4.78, 5) is 12.9. The van der Waals surface area contributed by atoms with Gasteiger partial charge < -0.3 is 9.88 Å². The predicted octanol–water partition coefficient (Wildman–Crippen LogP) is 3.26. The van der Waals surface area contributed by atoms with E-state index in [4.69, 9.17) is 0 Å². The van der Waals surface area contributed by atoms with Gasteiger partial charge in [0.05, 0.1) is 5.69 Å². The molecule has 2 aromatic rings. The molecule has 1 aromatic heterocycles. The predicted molar refractivity (Wildman–Crippen MR) is 84.9 cm³/mol. The van der Waals surface area contributed by atoms with Crippen LogP contribution in [-0.4, -0.2) is 23.4 Å². The van der Waals surface area contributed by atoms with Gasteiger partial charge in [0, 0.05) is 17.8 Å². The summed E-state index contributed by atoms with van der Waals surface area (Å²) in [5.41, 5.74) is 3.89. The number of benzene rings is 1. The van der Waals surface area contributed by atoms with Crippen molar-refractivity contribution in [3.8, 4) is 0 Å². The maximum Gasteiger partial charge on any atom is 0.209 e. The Balaban J connectivity index is 1.95. The highest BCUT2D eigenvalue weighted by molar-refractivity contribution is 6.09. The highest BCUT2D eigenvalue weighted by atomic mass is 16.1. The van der Waals surface area contributed by atoms with Gasteiger partial charge in [0.25, 0.3) is 0 Å². The van der Waals surface area contributed by atoms with Gasteiger partial charge in [-0.3, -0.25) is 4.79 Å². The standard InChI is InChI=1S/C18H22N2O/c1-13-5-3-6-16(14(13)2)18(21)17-7-4-12-20(17)15-8-10-19-11-9-15/h3-7,12,15,19H,8-11H2,1-2H3. The van der Waals surface area contributed by atoms with Gasteiger partial charge >= 0.3 is 0 Å². The van der Waals surface area contributed by atoms with Crippen LogP contribution in [0.4, 0.5) is 0 Å². The Bertz CT molecular complexity index is 651. The monoisotopic (exact) mass is 282 g/mol. The van der Waals surface area contributed by atoms with E-state index in [1.807, 2.05) is 37.4 Å². The lowest BCUT2D eigenvalue weighted by molar-refractivity contribution is 0.102. The van der Waals surface area contributed by atoms with E-state index in [2.05, 4.69) is 22.9 Å². The van der Waals surface area contributed by atoms with E-state index in [9.17, 15) is 4.79 Å². The molecule has 1 N–H and O–H groups in total. The zero-order valence-electron chi connectivity index (χ0n) is 12.7. The van der Waals surface area contributed by atoms with Crippen LogP contribution in [0.3, 0.4) is 0 Å². The minimum absolute atomic E-state index is 0.139. The molecule has 0 unspecified atom stereocenters. The van der Waals surface area contributed by atoms with Crippen LogP contribution >= 0.6 is 0 Å². The minimum Gasteiger partial charge on any atom is -0.342 e. The quantitative estimate of drug-likeness (QED) is 0.877. The van der Waals surface area contributed by atoms with Crippen LogP contribution in [0.2, 0.25) is 0 Å². The van der Waals surface area contributed by atoms with Gasteiger partial charge in [0.1, 0.15) is 0 Å². The number of piperidine rings is 1. The number of nitrogens with one attached hydrogen (secondary N) is 1. The second-order valence-corrected chi connectivity index (χ2v) is 5.86. The van der Waals surface area contributed by atoms with Crippen LogP contribution in [0.25, 0.3) is 0 Å². The number of aromatic nitrogens is 1. The van der Waals surface area contributed by atoms with Crippen molar-refractivity contribution < 1.29 is 4.79 Å². The molecule has 1 fully saturated rings. The summed E-state index contributed by atoms with van der Waals surface area (Å²) >= 11 is 0. The highest BCUT2D eigenvalue weighted by Crippen LogP contribution is 2.24. The molecule has 3 rings (SSSR count). The summed E-state index contributed by atoms with van der Waals surface area (Å²) in [6.07, 6.45) is 4.22. The second kappa shape index (κ2) is 5.86. The topological polar surface area (TPSA) is 34.0 Å². The maximum absolute atomic E-state index is 12.9. The van der Waals surface area contributed by atoms with Crippen LogP contribution in [0.15, 0.2) is 36.5 Å². The van der Waals surface area contributed by atoms with Crippen molar-refractivity contribution in [3.63, 3.8) is 0 Å². The van der Waals surface area contributed by atoms with Crippen molar-refractivity contribution in [3.05, 3.63) is 58.9 Å².